The number of carbonyl (C=O) groups excluding carboxylic acids is 1. The van der Waals surface area contributed by atoms with Gasteiger partial charge in [0.25, 0.3) is 0 Å². The quantitative estimate of drug-likeness (QED) is 0.407. The molecule has 1 N–H and O–H groups in total. The smallest absolute Gasteiger partial charge is 0.334 e. The van der Waals surface area contributed by atoms with E-state index in [-0.39, 0.29) is 12.1 Å². The van der Waals surface area contributed by atoms with Gasteiger partial charge in [0, 0.05) is 35.2 Å². The van der Waals surface area contributed by atoms with Crippen LogP contribution in [0.2, 0.25) is 10.0 Å². The van der Waals surface area contributed by atoms with Gasteiger partial charge in [-0.3, -0.25) is 4.90 Å². The average Bonchev–Trinajstić information content (AvgIpc) is 3.51. The maximum atomic E-state index is 11.8. The highest BCUT2D eigenvalue weighted by Crippen LogP contribution is 2.34. The van der Waals surface area contributed by atoms with Crippen molar-refractivity contribution >= 4 is 46.2 Å². The summed E-state index contributed by atoms with van der Waals surface area (Å²) in [7, 11) is 1.32. The number of fused-ring (bicyclic) bond motifs is 1. The first kappa shape index (κ1) is 28.1. The maximum Gasteiger partial charge on any atom is 0.334 e. The first-order valence-corrected chi connectivity index (χ1v) is 14.4. The third-order valence-electron chi connectivity index (χ3n) is 8.34. The van der Waals surface area contributed by atoms with Gasteiger partial charge in [0.1, 0.15) is 11.3 Å². The van der Waals surface area contributed by atoms with Crippen molar-refractivity contribution in [2.24, 2.45) is 5.92 Å². The molecular weight excluding hydrogens is 539 g/mol. The number of hydrogen-bond acceptors (Lipinski definition) is 8. The molecule has 9 nitrogen and oxygen atoms in total. The minimum atomic E-state index is -1.07. The van der Waals surface area contributed by atoms with Crippen molar-refractivity contribution in [3.8, 4) is 0 Å². The third-order valence-corrected chi connectivity index (χ3v) is 8.90. The standard InChI is InChI=1S/C28H36Cl2N6O3/c1-16-15-34(11-9-23(16)35-10-5-6-20(35)13-24(37)28(38)39-4)25-14-31-26-17(2)33-36(27(26)32-25)18(3)21-8-7-19(29)12-22(21)30/h7-8,12,14,16,18,20,23-24,37H,5-6,9-11,13,15H2,1-4H3/t16?,18-,20?,23?,24?/m1/s1. The Morgan fingerprint density at radius 2 is 2.05 bits per heavy atom. The van der Waals surface area contributed by atoms with E-state index in [1.165, 1.54) is 7.11 Å². The van der Waals surface area contributed by atoms with Gasteiger partial charge in [-0.05, 0) is 69.7 Å². The lowest BCUT2D eigenvalue weighted by molar-refractivity contribution is -0.151. The van der Waals surface area contributed by atoms with Gasteiger partial charge in [-0.25, -0.2) is 19.4 Å². The lowest BCUT2D eigenvalue weighted by Crippen LogP contribution is -2.52. The number of carbonyl (C=O) groups is 1. The topological polar surface area (TPSA) is 96.6 Å². The van der Waals surface area contributed by atoms with E-state index in [9.17, 15) is 9.90 Å². The minimum absolute atomic E-state index is 0.146. The van der Waals surface area contributed by atoms with E-state index in [2.05, 4.69) is 16.7 Å². The Morgan fingerprint density at radius 3 is 2.77 bits per heavy atom. The van der Waals surface area contributed by atoms with Crippen LogP contribution in [-0.4, -0.2) is 80.7 Å². The van der Waals surface area contributed by atoms with Crippen molar-refractivity contribution in [1.82, 2.24) is 24.6 Å². The monoisotopic (exact) mass is 574 g/mol. The van der Waals surface area contributed by atoms with E-state index >= 15 is 0 Å². The van der Waals surface area contributed by atoms with E-state index in [1.807, 2.05) is 36.9 Å². The number of ether oxygens (including phenoxy) is 1. The van der Waals surface area contributed by atoms with Gasteiger partial charge in [-0.15, -0.1) is 0 Å². The van der Waals surface area contributed by atoms with Gasteiger partial charge in [0.15, 0.2) is 11.8 Å². The van der Waals surface area contributed by atoms with E-state index < -0.39 is 12.1 Å². The number of aliphatic hydroxyl groups is 1. The highest BCUT2D eigenvalue weighted by atomic mass is 35.5. The van der Waals surface area contributed by atoms with Crippen LogP contribution in [0.3, 0.4) is 0 Å². The van der Waals surface area contributed by atoms with Crippen LogP contribution in [0.4, 0.5) is 5.82 Å². The van der Waals surface area contributed by atoms with Crippen LogP contribution >= 0.6 is 23.2 Å². The average molecular weight is 576 g/mol. The molecule has 0 aliphatic carbocycles. The number of benzene rings is 1. The number of esters is 1. The van der Waals surface area contributed by atoms with Crippen LogP contribution in [0, 0.1) is 12.8 Å². The molecule has 11 heteroatoms. The Hall–Kier alpha value is -2.46. The zero-order chi connectivity index (χ0) is 27.8. The molecule has 39 heavy (non-hydrogen) atoms. The molecule has 1 aromatic carbocycles. The Kier molecular flexibility index (Phi) is 8.33. The van der Waals surface area contributed by atoms with Gasteiger partial charge in [-0.1, -0.05) is 36.2 Å². The Balaban J connectivity index is 1.34. The van der Waals surface area contributed by atoms with Crippen molar-refractivity contribution in [2.45, 2.75) is 70.7 Å². The zero-order valence-corrected chi connectivity index (χ0v) is 24.4. The first-order valence-electron chi connectivity index (χ1n) is 13.6. The summed E-state index contributed by atoms with van der Waals surface area (Å²) in [5.74, 6) is 0.661. The molecule has 210 valence electrons. The fraction of sp³-hybridized carbons (Fsp3) is 0.571. The van der Waals surface area contributed by atoms with Crippen LogP contribution in [-0.2, 0) is 9.53 Å². The number of aryl methyl sites for hydroxylation is 1. The predicted molar refractivity (Wildman–Crippen MR) is 152 cm³/mol. The predicted octanol–water partition coefficient (Wildman–Crippen LogP) is 4.65. The summed E-state index contributed by atoms with van der Waals surface area (Å²) in [6, 6.07) is 5.94. The Labute approximate surface area is 239 Å². The zero-order valence-electron chi connectivity index (χ0n) is 22.8. The summed E-state index contributed by atoms with van der Waals surface area (Å²) in [5, 5.41) is 16.2. The molecule has 0 amide bonds. The molecule has 2 aliphatic heterocycles. The minimum Gasteiger partial charge on any atom is -0.467 e. The van der Waals surface area contributed by atoms with Crippen molar-refractivity contribution in [3.63, 3.8) is 0 Å². The molecule has 3 aromatic rings. The number of aliphatic hydroxyl groups excluding tert-OH is 1. The molecule has 4 heterocycles. The molecule has 5 atom stereocenters. The van der Waals surface area contributed by atoms with Crippen LogP contribution < -0.4 is 4.90 Å². The Morgan fingerprint density at radius 1 is 1.26 bits per heavy atom. The molecule has 0 radical (unpaired) electrons. The van der Waals surface area contributed by atoms with E-state index in [0.29, 0.717) is 28.4 Å². The SMILES string of the molecule is COC(=O)C(O)CC1CCCN1C1CCN(c2cnc3c(C)nn([C@H](C)c4ccc(Cl)cc4Cl)c3n2)CC1C. The van der Waals surface area contributed by atoms with Crippen molar-refractivity contribution < 1.29 is 14.6 Å². The van der Waals surface area contributed by atoms with Gasteiger partial charge in [0.05, 0.1) is 25.0 Å². The number of nitrogens with zero attached hydrogens (tertiary/aromatic N) is 6. The highest BCUT2D eigenvalue weighted by Gasteiger charge is 2.38. The van der Waals surface area contributed by atoms with Gasteiger partial charge in [-0.2, -0.15) is 5.10 Å². The maximum absolute atomic E-state index is 11.8. The van der Waals surface area contributed by atoms with Crippen LogP contribution in [0.25, 0.3) is 11.2 Å². The summed E-state index contributed by atoms with van der Waals surface area (Å²) in [6.07, 6.45) is 4.23. The largest absolute Gasteiger partial charge is 0.467 e. The van der Waals surface area contributed by atoms with E-state index in [1.54, 1.807) is 6.07 Å². The van der Waals surface area contributed by atoms with Crippen molar-refractivity contribution in [1.29, 1.82) is 0 Å². The first-order chi connectivity index (χ1) is 18.7. The molecular formula is C28H36Cl2N6O3. The van der Waals surface area contributed by atoms with Crippen LogP contribution in [0.15, 0.2) is 24.4 Å². The van der Waals surface area contributed by atoms with Crippen molar-refractivity contribution in [3.05, 3.63) is 45.7 Å². The number of hydrogen-bond donors (Lipinski definition) is 1. The highest BCUT2D eigenvalue weighted by molar-refractivity contribution is 6.35. The fourth-order valence-electron chi connectivity index (χ4n) is 6.31. The van der Waals surface area contributed by atoms with Crippen LogP contribution in [0.1, 0.15) is 56.8 Å². The molecule has 2 aromatic heterocycles. The number of halogens is 2. The Bertz CT molecular complexity index is 1350. The molecule has 2 fully saturated rings. The summed E-state index contributed by atoms with van der Waals surface area (Å²) < 4.78 is 6.63. The summed E-state index contributed by atoms with van der Waals surface area (Å²) in [6.45, 7) is 8.95. The number of methoxy groups -OCH3 is 1. The second-order valence-corrected chi connectivity index (χ2v) is 11.7. The van der Waals surface area contributed by atoms with Gasteiger partial charge in [0.2, 0.25) is 0 Å². The lowest BCUT2D eigenvalue weighted by atomic mass is 9.91. The third kappa shape index (κ3) is 5.59. The molecule has 2 aliphatic rings. The summed E-state index contributed by atoms with van der Waals surface area (Å²) in [4.78, 5) is 26.4. The molecule has 2 saturated heterocycles. The second kappa shape index (κ2) is 11.6. The number of anilines is 1. The number of rotatable bonds is 7. The van der Waals surface area contributed by atoms with E-state index in [4.69, 9.17) is 43.0 Å². The molecule has 0 bridgehead atoms. The molecule has 4 unspecified atom stereocenters. The normalized spacial score (nSPS) is 23.8. The van der Waals surface area contributed by atoms with Gasteiger partial charge < -0.3 is 14.7 Å². The fourth-order valence-corrected chi connectivity index (χ4v) is 6.87. The molecule has 5 rings (SSSR count). The number of likely N-dealkylation sites (tertiary alicyclic amines) is 1. The number of piperidine rings is 1. The summed E-state index contributed by atoms with van der Waals surface area (Å²) >= 11 is 12.6. The van der Waals surface area contributed by atoms with Crippen LogP contribution in [0.5, 0.6) is 0 Å². The molecule has 0 saturated carbocycles. The second-order valence-electron chi connectivity index (χ2n) is 10.9. The summed E-state index contributed by atoms with van der Waals surface area (Å²) in [5.41, 5.74) is 3.25. The van der Waals surface area contributed by atoms with E-state index in [0.717, 1.165) is 67.1 Å². The van der Waals surface area contributed by atoms with Crippen molar-refractivity contribution in [2.75, 3.05) is 31.6 Å². The molecule has 0 spiro atoms. The van der Waals surface area contributed by atoms with Gasteiger partial charge >= 0.3 is 5.97 Å². The lowest BCUT2D eigenvalue weighted by Gasteiger charge is -2.44. The number of aromatic nitrogens is 4.